The maximum Gasteiger partial charge on any atom is 0.270 e. The molecule has 4 heteroatoms. The number of benzene rings is 2. The number of carbonyl (C=O) groups excluding carboxylic acids is 1. The van der Waals surface area contributed by atoms with Gasteiger partial charge in [0.25, 0.3) is 5.91 Å². The van der Waals surface area contributed by atoms with Crippen molar-refractivity contribution >= 4 is 17.3 Å². The van der Waals surface area contributed by atoms with Crippen LogP contribution in [0.1, 0.15) is 32.7 Å². The number of carbonyl (C=O) groups is 1. The second kappa shape index (κ2) is 7.83. The molecule has 3 aromatic rings. The summed E-state index contributed by atoms with van der Waals surface area (Å²) in [6.07, 6.45) is 1.68. The van der Waals surface area contributed by atoms with Gasteiger partial charge in [-0.1, -0.05) is 47.5 Å². The second-order valence-corrected chi connectivity index (χ2v) is 6.54. The first-order valence-electron chi connectivity index (χ1n) is 8.65. The van der Waals surface area contributed by atoms with Crippen molar-refractivity contribution in [2.75, 3.05) is 5.32 Å². The molecule has 0 atom stereocenters. The zero-order valence-electron chi connectivity index (χ0n) is 15.3. The molecule has 0 aliphatic heterocycles. The van der Waals surface area contributed by atoms with E-state index in [-0.39, 0.29) is 5.91 Å². The highest BCUT2D eigenvalue weighted by Crippen LogP contribution is 2.21. The smallest absolute Gasteiger partial charge is 0.270 e. The molecule has 0 aliphatic carbocycles. The number of rotatable bonds is 5. The number of anilines is 2. The van der Waals surface area contributed by atoms with Crippen LogP contribution < -0.4 is 10.6 Å². The predicted octanol–water partition coefficient (Wildman–Crippen LogP) is 4.68. The van der Waals surface area contributed by atoms with Crippen LogP contribution in [0.15, 0.2) is 60.8 Å². The molecular formula is C22H23N3O. The third kappa shape index (κ3) is 4.48. The average Bonchev–Trinajstić information content (AvgIpc) is 2.64. The van der Waals surface area contributed by atoms with Crippen LogP contribution in [0, 0.1) is 20.8 Å². The first-order chi connectivity index (χ1) is 12.5. The van der Waals surface area contributed by atoms with Gasteiger partial charge in [-0.2, -0.15) is 0 Å². The number of aryl methyl sites for hydroxylation is 3. The number of nitrogens with one attached hydrogen (secondary N) is 2. The van der Waals surface area contributed by atoms with Crippen molar-refractivity contribution < 1.29 is 4.79 Å². The molecule has 0 radical (unpaired) electrons. The number of hydrogen-bond donors (Lipinski definition) is 2. The van der Waals surface area contributed by atoms with Crippen LogP contribution in [0.5, 0.6) is 0 Å². The van der Waals surface area contributed by atoms with Gasteiger partial charge in [0.2, 0.25) is 0 Å². The van der Waals surface area contributed by atoms with Crippen molar-refractivity contribution in [3.8, 4) is 0 Å². The maximum atomic E-state index is 12.3. The molecule has 0 bridgehead atoms. The molecule has 4 nitrogen and oxygen atoms in total. The minimum Gasteiger partial charge on any atom is -0.354 e. The number of pyridine rings is 1. The number of amides is 1. The van der Waals surface area contributed by atoms with Gasteiger partial charge < -0.3 is 10.6 Å². The van der Waals surface area contributed by atoms with Crippen LogP contribution in [-0.4, -0.2) is 10.9 Å². The van der Waals surface area contributed by atoms with Crippen molar-refractivity contribution in [3.63, 3.8) is 0 Å². The molecule has 0 unspecified atom stereocenters. The molecule has 1 amide bonds. The van der Waals surface area contributed by atoms with Crippen molar-refractivity contribution in [1.29, 1.82) is 0 Å². The molecule has 0 saturated carbocycles. The first-order valence-corrected chi connectivity index (χ1v) is 8.65. The Morgan fingerprint density at radius 2 is 1.65 bits per heavy atom. The van der Waals surface area contributed by atoms with Gasteiger partial charge in [-0.15, -0.1) is 0 Å². The number of nitrogens with zero attached hydrogens (tertiary/aromatic N) is 1. The Labute approximate surface area is 154 Å². The normalized spacial score (nSPS) is 10.4. The topological polar surface area (TPSA) is 54.0 Å². The lowest BCUT2D eigenvalue weighted by molar-refractivity contribution is 0.0946. The zero-order valence-corrected chi connectivity index (χ0v) is 15.3. The lowest BCUT2D eigenvalue weighted by Gasteiger charge is -2.10. The van der Waals surface area contributed by atoms with Gasteiger partial charge in [0.15, 0.2) is 0 Å². The fourth-order valence-electron chi connectivity index (χ4n) is 2.69. The van der Waals surface area contributed by atoms with E-state index in [4.69, 9.17) is 0 Å². The average molecular weight is 345 g/mol. The first kappa shape index (κ1) is 17.7. The van der Waals surface area contributed by atoms with E-state index in [2.05, 4.69) is 41.6 Å². The minimum absolute atomic E-state index is 0.177. The van der Waals surface area contributed by atoms with E-state index in [1.807, 2.05) is 43.3 Å². The summed E-state index contributed by atoms with van der Waals surface area (Å²) in [5.74, 6) is -0.177. The summed E-state index contributed by atoms with van der Waals surface area (Å²) in [4.78, 5) is 16.5. The summed E-state index contributed by atoms with van der Waals surface area (Å²) in [7, 11) is 0. The molecule has 3 rings (SSSR count). The quantitative estimate of drug-likeness (QED) is 0.706. The van der Waals surface area contributed by atoms with Gasteiger partial charge >= 0.3 is 0 Å². The summed E-state index contributed by atoms with van der Waals surface area (Å²) < 4.78 is 0. The van der Waals surface area contributed by atoms with E-state index < -0.39 is 0 Å². The Balaban J connectivity index is 1.61. The van der Waals surface area contributed by atoms with E-state index >= 15 is 0 Å². The Morgan fingerprint density at radius 3 is 2.31 bits per heavy atom. The van der Waals surface area contributed by atoms with Crippen LogP contribution in [0.2, 0.25) is 0 Å². The highest BCUT2D eigenvalue weighted by atomic mass is 16.1. The van der Waals surface area contributed by atoms with Gasteiger partial charge in [0.05, 0.1) is 11.9 Å². The van der Waals surface area contributed by atoms with Gasteiger partial charge in [0, 0.05) is 12.2 Å². The van der Waals surface area contributed by atoms with Gasteiger partial charge in [-0.05, 0) is 50.1 Å². The molecule has 1 heterocycles. The SMILES string of the molecule is Cc1ccc(CNC(=O)c2ccc(Nc3ccc(C)cc3C)cn2)cc1. The van der Waals surface area contributed by atoms with Gasteiger partial charge in [-0.25, -0.2) is 4.98 Å². The third-order valence-corrected chi connectivity index (χ3v) is 4.23. The molecule has 26 heavy (non-hydrogen) atoms. The summed E-state index contributed by atoms with van der Waals surface area (Å²) >= 11 is 0. The van der Waals surface area contributed by atoms with E-state index in [0.717, 1.165) is 16.9 Å². The molecular weight excluding hydrogens is 322 g/mol. The molecule has 0 aliphatic rings. The lowest BCUT2D eigenvalue weighted by Crippen LogP contribution is -2.23. The Hall–Kier alpha value is -3.14. The van der Waals surface area contributed by atoms with E-state index in [9.17, 15) is 4.79 Å². The third-order valence-electron chi connectivity index (χ3n) is 4.23. The standard InChI is InChI=1S/C22H23N3O/c1-15-4-7-18(8-5-15)13-24-22(26)21-11-9-19(14-23-21)25-20-10-6-16(2)12-17(20)3/h4-12,14,25H,13H2,1-3H3,(H,24,26). The highest BCUT2D eigenvalue weighted by molar-refractivity contribution is 5.92. The summed E-state index contributed by atoms with van der Waals surface area (Å²) in [6, 6.07) is 17.9. The summed E-state index contributed by atoms with van der Waals surface area (Å²) in [5.41, 5.74) is 6.96. The molecule has 0 saturated heterocycles. The Kier molecular flexibility index (Phi) is 5.32. The number of hydrogen-bond acceptors (Lipinski definition) is 3. The molecule has 2 aromatic carbocycles. The minimum atomic E-state index is -0.177. The summed E-state index contributed by atoms with van der Waals surface area (Å²) in [6.45, 7) is 6.67. The second-order valence-electron chi connectivity index (χ2n) is 6.54. The largest absolute Gasteiger partial charge is 0.354 e. The fraction of sp³-hybridized carbons (Fsp3) is 0.182. The lowest BCUT2D eigenvalue weighted by atomic mass is 10.1. The Bertz CT molecular complexity index is 900. The molecule has 2 N–H and O–H groups in total. The van der Waals surface area contributed by atoms with Crippen LogP contribution in [-0.2, 0) is 6.54 Å². The molecule has 1 aromatic heterocycles. The zero-order chi connectivity index (χ0) is 18.5. The van der Waals surface area contributed by atoms with E-state index in [0.29, 0.717) is 12.2 Å². The van der Waals surface area contributed by atoms with Crippen molar-refractivity contribution in [1.82, 2.24) is 10.3 Å². The van der Waals surface area contributed by atoms with Crippen molar-refractivity contribution in [3.05, 3.63) is 88.7 Å². The van der Waals surface area contributed by atoms with Crippen LogP contribution in [0.3, 0.4) is 0 Å². The van der Waals surface area contributed by atoms with Crippen LogP contribution in [0.25, 0.3) is 0 Å². The monoisotopic (exact) mass is 345 g/mol. The summed E-state index contributed by atoms with van der Waals surface area (Å²) in [5, 5.41) is 6.23. The predicted molar refractivity (Wildman–Crippen MR) is 106 cm³/mol. The van der Waals surface area contributed by atoms with Gasteiger partial charge in [-0.3, -0.25) is 4.79 Å². The molecule has 132 valence electrons. The highest BCUT2D eigenvalue weighted by Gasteiger charge is 2.07. The van der Waals surface area contributed by atoms with E-state index in [1.54, 1.807) is 12.3 Å². The molecule has 0 fully saturated rings. The van der Waals surface area contributed by atoms with Gasteiger partial charge in [0.1, 0.15) is 5.69 Å². The van der Waals surface area contributed by atoms with Crippen LogP contribution >= 0.6 is 0 Å². The molecule has 0 spiro atoms. The number of aromatic nitrogens is 1. The van der Waals surface area contributed by atoms with Crippen LogP contribution in [0.4, 0.5) is 11.4 Å². The van der Waals surface area contributed by atoms with Crippen molar-refractivity contribution in [2.24, 2.45) is 0 Å². The fourth-order valence-corrected chi connectivity index (χ4v) is 2.69. The van der Waals surface area contributed by atoms with E-state index in [1.165, 1.54) is 16.7 Å². The Morgan fingerprint density at radius 1 is 0.923 bits per heavy atom. The maximum absolute atomic E-state index is 12.3. The van der Waals surface area contributed by atoms with Crippen molar-refractivity contribution in [2.45, 2.75) is 27.3 Å².